The lowest BCUT2D eigenvalue weighted by Gasteiger charge is -2.35. The number of hydrogen-bond donors (Lipinski definition) is 1. The van der Waals surface area contributed by atoms with Crippen LogP contribution in [0.5, 0.6) is 0 Å². The monoisotopic (exact) mass is 417 g/mol. The van der Waals surface area contributed by atoms with E-state index >= 15 is 0 Å². The first-order valence-electron chi connectivity index (χ1n) is 8.10. The number of aromatic nitrogens is 2. The van der Waals surface area contributed by atoms with Crippen LogP contribution in [0.15, 0.2) is 18.2 Å². The molecule has 1 aromatic carbocycles. The number of amides is 1. The summed E-state index contributed by atoms with van der Waals surface area (Å²) >= 11 is 11.8. The van der Waals surface area contributed by atoms with Crippen molar-refractivity contribution in [3.63, 3.8) is 0 Å². The SMILES string of the molecule is CCOC(=O)c1n[nH]c2c1CN(C(=O)c1ccc(Cl)c(Cl)c1)C(C(F)F)C2. The average molecular weight is 418 g/mol. The van der Waals surface area contributed by atoms with E-state index in [1.165, 1.54) is 18.2 Å². The number of nitrogens with zero attached hydrogens (tertiary/aromatic N) is 2. The lowest BCUT2D eigenvalue weighted by Crippen LogP contribution is -2.48. The van der Waals surface area contributed by atoms with Gasteiger partial charge in [0.25, 0.3) is 12.3 Å². The van der Waals surface area contributed by atoms with E-state index in [1.54, 1.807) is 6.92 Å². The Bertz CT molecular complexity index is 888. The summed E-state index contributed by atoms with van der Waals surface area (Å²) in [4.78, 5) is 25.9. The van der Waals surface area contributed by atoms with Gasteiger partial charge < -0.3 is 9.64 Å². The number of halogens is 4. The van der Waals surface area contributed by atoms with Gasteiger partial charge in [0.05, 0.1) is 29.2 Å². The number of H-pyrrole nitrogens is 1. The van der Waals surface area contributed by atoms with Crippen molar-refractivity contribution in [1.29, 1.82) is 0 Å². The Labute approximate surface area is 163 Å². The van der Waals surface area contributed by atoms with Crippen LogP contribution in [-0.4, -0.2) is 46.0 Å². The van der Waals surface area contributed by atoms with E-state index in [2.05, 4.69) is 10.2 Å². The first-order chi connectivity index (χ1) is 12.8. The van der Waals surface area contributed by atoms with E-state index < -0.39 is 24.3 Å². The number of hydrogen-bond acceptors (Lipinski definition) is 4. The fourth-order valence-electron chi connectivity index (χ4n) is 2.96. The van der Waals surface area contributed by atoms with Gasteiger partial charge in [0.1, 0.15) is 0 Å². The van der Waals surface area contributed by atoms with E-state index in [0.29, 0.717) is 11.3 Å². The quantitative estimate of drug-likeness (QED) is 0.769. The molecule has 1 aromatic heterocycles. The number of fused-ring (bicyclic) bond motifs is 1. The number of ether oxygens (including phenoxy) is 1. The Morgan fingerprint density at radius 1 is 1.37 bits per heavy atom. The van der Waals surface area contributed by atoms with Gasteiger partial charge in [0.15, 0.2) is 5.69 Å². The van der Waals surface area contributed by atoms with Gasteiger partial charge in [-0.1, -0.05) is 23.2 Å². The normalized spacial score (nSPS) is 16.4. The number of alkyl halides is 2. The van der Waals surface area contributed by atoms with Crippen LogP contribution in [-0.2, 0) is 17.7 Å². The molecular formula is C17H15Cl2F2N3O3. The second kappa shape index (κ2) is 7.82. The third-order valence-electron chi connectivity index (χ3n) is 4.28. The number of carbonyl (C=O) groups is 2. The number of esters is 1. The lowest BCUT2D eigenvalue weighted by atomic mass is 9.97. The largest absolute Gasteiger partial charge is 0.461 e. The summed E-state index contributed by atoms with van der Waals surface area (Å²) in [6.07, 6.45) is -2.94. The van der Waals surface area contributed by atoms with Crippen LogP contribution in [0.1, 0.15) is 39.0 Å². The van der Waals surface area contributed by atoms with Crippen molar-refractivity contribution in [3.05, 3.63) is 50.8 Å². The molecule has 2 heterocycles. The van der Waals surface area contributed by atoms with E-state index in [4.69, 9.17) is 27.9 Å². The van der Waals surface area contributed by atoms with E-state index in [0.717, 1.165) is 4.90 Å². The summed E-state index contributed by atoms with van der Waals surface area (Å²) < 4.78 is 32.1. The Kier molecular flexibility index (Phi) is 5.67. The third-order valence-corrected chi connectivity index (χ3v) is 5.02. The third kappa shape index (κ3) is 3.77. The molecule has 0 bridgehead atoms. The lowest BCUT2D eigenvalue weighted by molar-refractivity contribution is 0.0135. The molecule has 0 spiro atoms. The molecule has 144 valence electrons. The van der Waals surface area contributed by atoms with Gasteiger partial charge in [-0.05, 0) is 25.1 Å². The standard InChI is InChI=1S/C17H15Cl2F2N3O3/c1-2-27-17(26)14-9-7-24(13(15(20)21)6-12(9)22-23-14)16(25)8-3-4-10(18)11(19)5-8/h3-5,13,15H,2,6-7H2,1H3,(H,22,23). The van der Waals surface area contributed by atoms with Gasteiger partial charge in [0, 0.05) is 23.2 Å². The zero-order valence-electron chi connectivity index (χ0n) is 14.1. The van der Waals surface area contributed by atoms with Gasteiger partial charge in [-0.3, -0.25) is 9.89 Å². The van der Waals surface area contributed by atoms with Crippen molar-refractivity contribution < 1.29 is 23.1 Å². The molecule has 1 atom stereocenters. The molecule has 1 aliphatic heterocycles. The summed E-state index contributed by atoms with van der Waals surface area (Å²) in [5, 5.41) is 6.88. The van der Waals surface area contributed by atoms with Gasteiger partial charge in [-0.2, -0.15) is 5.10 Å². The molecule has 1 N–H and O–H groups in total. The van der Waals surface area contributed by atoms with Crippen LogP contribution in [0.3, 0.4) is 0 Å². The Morgan fingerprint density at radius 2 is 2.11 bits per heavy atom. The van der Waals surface area contributed by atoms with Crippen molar-refractivity contribution in [1.82, 2.24) is 15.1 Å². The number of nitrogens with one attached hydrogen (secondary N) is 1. The minimum atomic E-state index is -2.78. The van der Waals surface area contributed by atoms with Crippen LogP contribution >= 0.6 is 23.2 Å². The maximum Gasteiger partial charge on any atom is 0.359 e. The Balaban J connectivity index is 1.96. The molecule has 0 radical (unpaired) electrons. The van der Waals surface area contributed by atoms with Crippen LogP contribution in [0.4, 0.5) is 8.78 Å². The Morgan fingerprint density at radius 3 is 2.74 bits per heavy atom. The Hall–Kier alpha value is -2.19. The molecule has 1 amide bonds. The molecular weight excluding hydrogens is 403 g/mol. The summed E-state index contributed by atoms with van der Waals surface area (Å²) in [6, 6.07) is 2.79. The molecule has 27 heavy (non-hydrogen) atoms. The van der Waals surface area contributed by atoms with Gasteiger partial charge in [-0.25, -0.2) is 13.6 Å². The molecule has 0 aliphatic carbocycles. The molecule has 6 nitrogen and oxygen atoms in total. The van der Waals surface area contributed by atoms with Crippen molar-refractivity contribution in [2.75, 3.05) is 6.61 Å². The summed E-state index contributed by atoms with van der Waals surface area (Å²) in [7, 11) is 0. The predicted molar refractivity (Wildman–Crippen MR) is 94.4 cm³/mol. The molecule has 1 unspecified atom stereocenters. The number of carbonyl (C=O) groups excluding carboxylic acids is 2. The number of aromatic amines is 1. The fourth-order valence-corrected chi connectivity index (χ4v) is 3.26. The molecule has 0 fully saturated rings. The maximum atomic E-state index is 13.6. The molecule has 10 heteroatoms. The summed E-state index contributed by atoms with van der Waals surface area (Å²) in [5.41, 5.74) is 0.881. The molecule has 3 rings (SSSR count). The molecule has 0 saturated heterocycles. The van der Waals surface area contributed by atoms with Gasteiger partial charge >= 0.3 is 5.97 Å². The molecule has 2 aromatic rings. The zero-order chi connectivity index (χ0) is 19.7. The highest BCUT2D eigenvalue weighted by Crippen LogP contribution is 2.30. The van der Waals surface area contributed by atoms with Crippen molar-refractivity contribution in [2.24, 2.45) is 0 Å². The van der Waals surface area contributed by atoms with Crippen LogP contribution in [0, 0.1) is 0 Å². The smallest absolute Gasteiger partial charge is 0.359 e. The van der Waals surface area contributed by atoms with E-state index in [-0.39, 0.29) is 40.9 Å². The summed E-state index contributed by atoms with van der Waals surface area (Å²) in [6.45, 7) is 1.59. The minimum Gasteiger partial charge on any atom is -0.461 e. The second-order valence-corrected chi connectivity index (χ2v) is 6.73. The highest BCUT2D eigenvalue weighted by atomic mass is 35.5. The highest BCUT2D eigenvalue weighted by Gasteiger charge is 2.39. The van der Waals surface area contributed by atoms with E-state index in [9.17, 15) is 18.4 Å². The van der Waals surface area contributed by atoms with E-state index in [1.807, 2.05) is 0 Å². The highest BCUT2D eigenvalue weighted by molar-refractivity contribution is 6.42. The van der Waals surface area contributed by atoms with Gasteiger partial charge in [0.2, 0.25) is 0 Å². The first-order valence-corrected chi connectivity index (χ1v) is 8.86. The molecule has 1 aliphatic rings. The number of benzene rings is 1. The topological polar surface area (TPSA) is 75.3 Å². The van der Waals surface area contributed by atoms with Crippen molar-refractivity contribution >= 4 is 35.1 Å². The number of rotatable bonds is 4. The maximum absolute atomic E-state index is 13.6. The van der Waals surface area contributed by atoms with Crippen LogP contribution in [0.25, 0.3) is 0 Å². The summed E-state index contributed by atoms with van der Waals surface area (Å²) in [5.74, 6) is -1.31. The first kappa shape index (κ1) is 19.6. The van der Waals surface area contributed by atoms with Crippen molar-refractivity contribution in [3.8, 4) is 0 Å². The van der Waals surface area contributed by atoms with Gasteiger partial charge in [-0.15, -0.1) is 0 Å². The molecule has 0 saturated carbocycles. The average Bonchev–Trinajstić information content (AvgIpc) is 3.05. The van der Waals surface area contributed by atoms with Crippen LogP contribution in [0.2, 0.25) is 10.0 Å². The van der Waals surface area contributed by atoms with Crippen LogP contribution < -0.4 is 0 Å². The fraction of sp³-hybridized carbons (Fsp3) is 0.353. The zero-order valence-corrected chi connectivity index (χ0v) is 15.7. The minimum absolute atomic E-state index is 0.00787. The second-order valence-electron chi connectivity index (χ2n) is 5.92. The predicted octanol–water partition coefficient (Wildman–Crippen LogP) is 3.73. The van der Waals surface area contributed by atoms with Crippen molar-refractivity contribution in [2.45, 2.75) is 32.4 Å².